The van der Waals surface area contributed by atoms with Crippen molar-refractivity contribution in [2.75, 3.05) is 0 Å². The standard InChI is InChI=1S/C17H17ClN2OS2/c18-10-2-1-3-12(8-10)22-16-7-6-15(23-16)17(21)20-14-9-11-4-5-13(14)19-11/h1-3,6-8,11,13-14,19H,4-5,9H2,(H,20,21). The van der Waals surface area contributed by atoms with Crippen molar-refractivity contribution < 1.29 is 4.79 Å². The zero-order valence-electron chi connectivity index (χ0n) is 12.4. The molecule has 2 bridgehead atoms. The maximum atomic E-state index is 12.4. The van der Waals surface area contributed by atoms with Gasteiger partial charge in [0, 0.05) is 28.0 Å². The lowest BCUT2D eigenvalue weighted by molar-refractivity contribution is 0.0935. The van der Waals surface area contributed by atoms with Crippen molar-refractivity contribution in [3.8, 4) is 0 Å². The predicted octanol–water partition coefficient (Wildman–Crippen LogP) is 4.18. The molecular weight excluding hydrogens is 348 g/mol. The van der Waals surface area contributed by atoms with Gasteiger partial charge in [0.25, 0.3) is 5.91 Å². The molecule has 3 nitrogen and oxygen atoms in total. The second-order valence-corrected chi connectivity index (χ2v) is 8.94. The van der Waals surface area contributed by atoms with Crippen molar-refractivity contribution in [2.45, 2.75) is 46.5 Å². The van der Waals surface area contributed by atoms with E-state index < -0.39 is 0 Å². The van der Waals surface area contributed by atoms with Crippen LogP contribution in [0.15, 0.2) is 45.5 Å². The van der Waals surface area contributed by atoms with Crippen molar-refractivity contribution in [3.05, 3.63) is 46.3 Å². The number of carbonyl (C=O) groups excluding carboxylic acids is 1. The maximum Gasteiger partial charge on any atom is 0.261 e. The number of benzene rings is 1. The van der Waals surface area contributed by atoms with Crippen LogP contribution in [-0.2, 0) is 0 Å². The number of rotatable bonds is 4. The number of hydrogen-bond donors (Lipinski definition) is 2. The Morgan fingerprint density at radius 1 is 1.30 bits per heavy atom. The summed E-state index contributed by atoms with van der Waals surface area (Å²) in [6.07, 6.45) is 3.48. The molecule has 1 aromatic carbocycles. The van der Waals surface area contributed by atoms with E-state index in [9.17, 15) is 4.79 Å². The van der Waals surface area contributed by atoms with Gasteiger partial charge in [0.2, 0.25) is 0 Å². The molecule has 3 atom stereocenters. The fraction of sp³-hybridized carbons (Fsp3) is 0.353. The topological polar surface area (TPSA) is 41.1 Å². The number of amides is 1. The van der Waals surface area contributed by atoms with Crippen LogP contribution in [0.3, 0.4) is 0 Å². The molecular formula is C17H17ClN2OS2. The van der Waals surface area contributed by atoms with Gasteiger partial charge in [0.15, 0.2) is 0 Å². The van der Waals surface area contributed by atoms with E-state index in [1.54, 1.807) is 11.8 Å². The van der Waals surface area contributed by atoms with Gasteiger partial charge in [-0.25, -0.2) is 0 Å². The summed E-state index contributed by atoms with van der Waals surface area (Å²) in [5.74, 6) is 0.0484. The molecule has 2 aromatic rings. The lowest BCUT2D eigenvalue weighted by Crippen LogP contribution is -2.42. The summed E-state index contributed by atoms with van der Waals surface area (Å²) in [7, 11) is 0. The van der Waals surface area contributed by atoms with Crippen LogP contribution >= 0.6 is 34.7 Å². The smallest absolute Gasteiger partial charge is 0.261 e. The number of thiophene rings is 1. The number of halogens is 1. The lowest BCUT2D eigenvalue weighted by Gasteiger charge is -2.20. The first-order valence-corrected chi connectivity index (χ1v) is 9.78. The average molecular weight is 365 g/mol. The van der Waals surface area contributed by atoms with E-state index in [0.29, 0.717) is 12.1 Å². The Morgan fingerprint density at radius 3 is 2.96 bits per heavy atom. The van der Waals surface area contributed by atoms with Gasteiger partial charge in [-0.05, 0) is 49.6 Å². The van der Waals surface area contributed by atoms with Crippen LogP contribution in [0.2, 0.25) is 5.02 Å². The number of carbonyl (C=O) groups is 1. The van der Waals surface area contributed by atoms with E-state index >= 15 is 0 Å². The Bertz CT molecular complexity index is 733. The lowest BCUT2D eigenvalue weighted by atomic mass is 9.95. The molecule has 2 saturated heterocycles. The van der Waals surface area contributed by atoms with Gasteiger partial charge in [0.1, 0.15) is 0 Å². The molecule has 3 unspecified atom stereocenters. The zero-order chi connectivity index (χ0) is 15.8. The van der Waals surface area contributed by atoms with Gasteiger partial charge in [-0.2, -0.15) is 0 Å². The molecule has 4 rings (SSSR count). The zero-order valence-corrected chi connectivity index (χ0v) is 14.8. The molecule has 0 saturated carbocycles. The van der Waals surface area contributed by atoms with Crippen molar-refractivity contribution >= 4 is 40.6 Å². The molecule has 2 aliphatic heterocycles. The van der Waals surface area contributed by atoms with E-state index in [4.69, 9.17) is 11.6 Å². The predicted molar refractivity (Wildman–Crippen MR) is 95.7 cm³/mol. The molecule has 23 heavy (non-hydrogen) atoms. The monoisotopic (exact) mass is 364 g/mol. The molecule has 2 aliphatic rings. The summed E-state index contributed by atoms with van der Waals surface area (Å²) in [6.45, 7) is 0. The van der Waals surface area contributed by atoms with Gasteiger partial charge in [-0.1, -0.05) is 29.4 Å². The highest BCUT2D eigenvalue weighted by molar-refractivity contribution is 8.01. The third-order valence-electron chi connectivity index (χ3n) is 4.44. The Morgan fingerprint density at radius 2 is 2.22 bits per heavy atom. The van der Waals surface area contributed by atoms with Crippen LogP contribution < -0.4 is 10.6 Å². The van der Waals surface area contributed by atoms with Gasteiger partial charge in [0.05, 0.1) is 9.09 Å². The first-order chi connectivity index (χ1) is 11.2. The summed E-state index contributed by atoms with van der Waals surface area (Å²) in [6, 6.07) is 13.0. The van der Waals surface area contributed by atoms with E-state index in [0.717, 1.165) is 25.4 Å². The normalized spacial score (nSPS) is 25.7. The average Bonchev–Trinajstić information content (AvgIpc) is 3.23. The Kier molecular flexibility index (Phi) is 4.37. The van der Waals surface area contributed by atoms with Crippen LogP contribution in [0.25, 0.3) is 0 Å². The number of fused-ring (bicyclic) bond motifs is 2. The Hall–Kier alpha value is -1.01. The molecule has 2 fully saturated rings. The summed E-state index contributed by atoms with van der Waals surface area (Å²) >= 11 is 9.18. The summed E-state index contributed by atoms with van der Waals surface area (Å²) in [4.78, 5) is 14.3. The maximum absolute atomic E-state index is 12.4. The molecule has 0 radical (unpaired) electrons. The molecule has 120 valence electrons. The van der Waals surface area contributed by atoms with Crippen molar-refractivity contribution in [3.63, 3.8) is 0 Å². The quantitative estimate of drug-likeness (QED) is 0.855. The van der Waals surface area contributed by atoms with Crippen LogP contribution in [0.4, 0.5) is 0 Å². The SMILES string of the molecule is O=C(NC1CC2CCC1N2)c1ccc(Sc2cccc(Cl)c2)s1. The molecule has 1 amide bonds. The highest BCUT2D eigenvalue weighted by Gasteiger charge is 2.39. The summed E-state index contributed by atoms with van der Waals surface area (Å²) < 4.78 is 1.10. The molecule has 0 aliphatic carbocycles. The van der Waals surface area contributed by atoms with Gasteiger partial charge in [-0.3, -0.25) is 4.79 Å². The first-order valence-electron chi connectivity index (χ1n) is 7.77. The van der Waals surface area contributed by atoms with Crippen LogP contribution in [0, 0.1) is 0 Å². The third-order valence-corrected chi connectivity index (χ3v) is 6.88. The number of hydrogen-bond acceptors (Lipinski definition) is 4. The van der Waals surface area contributed by atoms with E-state index in [-0.39, 0.29) is 11.9 Å². The van der Waals surface area contributed by atoms with Gasteiger partial charge < -0.3 is 10.6 Å². The molecule has 0 spiro atoms. The minimum Gasteiger partial charge on any atom is -0.347 e. The minimum absolute atomic E-state index is 0.0484. The van der Waals surface area contributed by atoms with Crippen molar-refractivity contribution in [1.82, 2.24) is 10.6 Å². The highest BCUT2D eigenvalue weighted by Crippen LogP contribution is 2.35. The third kappa shape index (κ3) is 3.43. The number of nitrogens with one attached hydrogen (secondary N) is 2. The largest absolute Gasteiger partial charge is 0.347 e. The van der Waals surface area contributed by atoms with Gasteiger partial charge in [-0.15, -0.1) is 11.3 Å². The summed E-state index contributed by atoms with van der Waals surface area (Å²) in [5, 5.41) is 7.47. The Labute approximate surface area is 148 Å². The first kappa shape index (κ1) is 15.5. The van der Waals surface area contributed by atoms with Gasteiger partial charge >= 0.3 is 0 Å². The second-order valence-electron chi connectivity index (χ2n) is 6.04. The highest BCUT2D eigenvalue weighted by atomic mass is 35.5. The fourth-order valence-electron chi connectivity index (χ4n) is 3.37. The Balaban J connectivity index is 1.40. The molecule has 6 heteroatoms. The van der Waals surface area contributed by atoms with Crippen LogP contribution in [0.5, 0.6) is 0 Å². The molecule has 3 heterocycles. The van der Waals surface area contributed by atoms with Crippen LogP contribution in [-0.4, -0.2) is 24.0 Å². The minimum atomic E-state index is 0.0484. The molecule has 2 N–H and O–H groups in total. The van der Waals surface area contributed by atoms with E-state index in [2.05, 4.69) is 10.6 Å². The molecule has 1 aromatic heterocycles. The van der Waals surface area contributed by atoms with Crippen LogP contribution in [0.1, 0.15) is 28.9 Å². The van der Waals surface area contributed by atoms with Crippen molar-refractivity contribution in [2.24, 2.45) is 0 Å². The summed E-state index contributed by atoms with van der Waals surface area (Å²) in [5.41, 5.74) is 0. The second kappa shape index (κ2) is 6.48. The van der Waals surface area contributed by atoms with E-state index in [1.807, 2.05) is 36.4 Å². The van der Waals surface area contributed by atoms with E-state index in [1.165, 1.54) is 24.2 Å². The fourth-order valence-corrected chi connectivity index (χ4v) is 5.69. The van der Waals surface area contributed by atoms with Crippen molar-refractivity contribution in [1.29, 1.82) is 0 Å².